The van der Waals surface area contributed by atoms with Crippen molar-refractivity contribution in [1.29, 1.82) is 0 Å². The van der Waals surface area contributed by atoms with Crippen molar-refractivity contribution in [3.63, 3.8) is 0 Å². The summed E-state index contributed by atoms with van der Waals surface area (Å²) in [5.74, 6) is 1.31. The molecule has 1 saturated heterocycles. The molecular formula is C15H25ClN4O. The highest BCUT2D eigenvalue weighted by Crippen LogP contribution is 2.40. The molecule has 1 aliphatic carbocycles. The standard InChI is InChI=1S/C15H24N4O.ClH/c1-10-5-6-19(12(7-10)9-16)15(20)13-8-14(11-3-4-11)18(2)17-13;/h8,10-12H,3-7,9,16H2,1-2H3;1H. The van der Waals surface area contributed by atoms with Crippen molar-refractivity contribution in [2.75, 3.05) is 13.1 Å². The quantitative estimate of drug-likeness (QED) is 0.927. The maximum atomic E-state index is 12.7. The van der Waals surface area contributed by atoms with Gasteiger partial charge in [-0.2, -0.15) is 5.10 Å². The molecule has 1 saturated carbocycles. The summed E-state index contributed by atoms with van der Waals surface area (Å²) in [4.78, 5) is 14.6. The van der Waals surface area contributed by atoms with Crippen molar-refractivity contribution in [3.05, 3.63) is 17.5 Å². The number of aromatic nitrogens is 2. The van der Waals surface area contributed by atoms with E-state index in [1.165, 1.54) is 18.5 Å². The van der Waals surface area contributed by atoms with Crippen LogP contribution in [0.5, 0.6) is 0 Å². The van der Waals surface area contributed by atoms with E-state index in [4.69, 9.17) is 5.73 Å². The number of hydrogen-bond donors (Lipinski definition) is 1. The van der Waals surface area contributed by atoms with Gasteiger partial charge in [-0.1, -0.05) is 6.92 Å². The highest BCUT2D eigenvalue weighted by molar-refractivity contribution is 5.92. The number of carbonyl (C=O) groups is 1. The Kier molecular flexibility index (Phi) is 4.94. The molecule has 2 N–H and O–H groups in total. The minimum absolute atomic E-state index is 0. The van der Waals surface area contributed by atoms with Crippen LogP contribution in [0.25, 0.3) is 0 Å². The number of halogens is 1. The zero-order valence-corrected chi connectivity index (χ0v) is 13.6. The third kappa shape index (κ3) is 3.24. The molecule has 2 aliphatic rings. The first-order valence-corrected chi connectivity index (χ1v) is 7.65. The number of amides is 1. The fourth-order valence-electron chi connectivity index (χ4n) is 3.24. The minimum atomic E-state index is 0. The Balaban J connectivity index is 0.00000161. The van der Waals surface area contributed by atoms with Gasteiger partial charge in [-0.05, 0) is 37.7 Å². The van der Waals surface area contributed by atoms with E-state index >= 15 is 0 Å². The molecule has 1 aromatic rings. The second-order valence-corrected chi connectivity index (χ2v) is 6.37. The molecule has 0 spiro atoms. The van der Waals surface area contributed by atoms with Crippen molar-refractivity contribution in [2.45, 2.75) is 44.6 Å². The van der Waals surface area contributed by atoms with Gasteiger partial charge in [-0.25, -0.2) is 0 Å². The molecule has 2 heterocycles. The van der Waals surface area contributed by atoms with Crippen molar-refractivity contribution in [1.82, 2.24) is 14.7 Å². The molecule has 2 fully saturated rings. The maximum absolute atomic E-state index is 12.7. The molecule has 1 aliphatic heterocycles. The molecule has 0 radical (unpaired) electrons. The van der Waals surface area contributed by atoms with E-state index in [1.807, 2.05) is 22.7 Å². The van der Waals surface area contributed by atoms with Crippen molar-refractivity contribution >= 4 is 18.3 Å². The van der Waals surface area contributed by atoms with Crippen LogP contribution in [0.4, 0.5) is 0 Å². The number of aryl methyl sites for hydroxylation is 1. The Hall–Kier alpha value is -1.07. The zero-order chi connectivity index (χ0) is 14.3. The molecule has 6 heteroatoms. The van der Waals surface area contributed by atoms with E-state index < -0.39 is 0 Å². The summed E-state index contributed by atoms with van der Waals surface area (Å²) in [6.07, 6.45) is 4.51. The lowest BCUT2D eigenvalue weighted by molar-refractivity contribution is 0.0567. The van der Waals surface area contributed by atoms with Crippen LogP contribution in [0, 0.1) is 5.92 Å². The number of nitrogens with two attached hydrogens (primary N) is 1. The van der Waals surface area contributed by atoms with E-state index in [0.717, 1.165) is 19.4 Å². The molecule has 1 aromatic heterocycles. The van der Waals surface area contributed by atoms with Crippen LogP contribution >= 0.6 is 12.4 Å². The van der Waals surface area contributed by atoms with E-state index in [9.17, 15) is 4.79 Å². The number of piperidine rings is 1. The summed E-state index contributed by atoms with van der Waals surface area (Å²) in [7, 11) is 1.93. The van der Waals surface area contributed by atoms with Crippen LogP contribution in [-0.2, 0) is 7.05 Å². The van der Waals surface area contributed by atoms with Crippen LogP contribution in [0.2, 0.25) is 0 Å². The lowest BCUT2D eigenvalue weighted by atomic mass is 9.92. The minimum Gasteiger partial charge on any atom is -0.333 e. The Morgan fingerprint density at radius 3 is 2.76 bits per heavy atom. The highest BCUT2D eigenvalue weighted by atomic mass is 35.5. The Labute approximate surface area is 132 Å². The first-order chi connectivity index (χ1) is 9.60. The molecule has 2 atom stereocenters. The molecule has 5 nitrogen and oxygen atoms in total. The number of nitrogens with zero attached hydrogens (tertiary/aromatic N) is 3. The average molecular weight is 313 g/mol. The highest BCUT2D eigenvalue weighted by Gasteiger charge is 2.33. The van der Waals surface area contributed by atoms with Crippen molar-refractivity contribution < 1.29 is 4.79 Å². The van der Waals surface area contributed by atoms with Crippen LogP contribution in [0.3, 0.4) is 0 Å². The predicted molar refractivity (Wildman–Crippen MR) is 84.7 cm³/mol. The molecule has 1 amide bonds. The summed E-state index contributed by atoms with van der Waals surface area (Å²) in [5, 5.41) is 4.42. The molecule has 118 valence electrons. The monoisotopic (exact) mass is 312 g/mol. The lowest BCUT2D eigenvalue weighted by Gasteiger charge is -2.37. The first-order valence-electron chi connectivity index (χ1n) is 7.65. The van der Waals surface area contributed by atoms with E-state index in [-0.39, 0.29) is 24.4 Å². The fourth-order valence-corrected chi connectivity index (χ4v) is 3.24. The summed E-state index contributed by atoms with van der Waals surface area (Å²) in [6.45, 7) is 3.58. The maximum Gasteiger partial charge on any atom is 0.274 e. The largest absolute Gasteiger partial charge is 0.333 e. The fraction of sp³-hybridized carbons (Fsp3) is 0.733. The molecule has 2 unspecified atom stereocenters. The average Bonchev–Trinajstić information content (AvgIpc) is 3.21. The first kappa shape index (κ1) is 16.3. The van der Waals surface area contributed by atoms with Gasteiger partial charge in [0.05, 0.1) is 0 Å². The Bertz CT molecular complexity index is 512. The van der Waals surface area contributed by atoms with Gasteiger partial charge in [0.1, 0.15) is 0 Å². The third-order valence-corrected chi connectivity index (χ3v) is 4.64. The van der Waals surface area contributed by atoms with Crippen molar-refractivity contribution in [3.8, 4) is 0 Å². The van der Waals surface area contributed by atoms with Gasteiger partial charge in [0.25, 0.3) is 5.91 Å². The SMILES string of the molecule is CC1CCN(C(=O)c2cc(C3CC3)n(C)n2)C(CN)C1.Cl. The molecular weight excluding hydrogens is 288 g/mol. The number of hydrogen-bond acceptors (Lipinski definition) is 3. The zero-order valence-electron chi connectivity index (χ0n) is 12.8. The number of rotatable bonds is 3. The number of likely N-dealkylation sites (tertiary alicyclic amines) is 1. The van der Waals surface area contributed by atoms with Gasteiger partial charge in [0.15, 0.2) is 5.69 Å². The van der Waals surface area contributed by atoms with Gasteiger partial charge >= 0.3 is 0 Å². The smallest absolute Gasteiger partial charge is 0.274 e. The second kappa shape index (κ2) is 6.36. The van der Waals surface area contributed by atoms with Gasteiger partial charge < -0.3 is 10.6 Å². The van der Waals surface area contributed by atoms with Gasteiger partial charge in [0, 0.05) is 37.8 Å². The summed E-state index contributed by atoms with van der Waals surface area (Å²) >= 11 is 0. The van der Waals surface area contributed by atoms with Gasteiger partial charge in [0.2, 0.25) is 0 Å². The molecule has 0 bridgehead atoms. The van der Waals surface area contributed by atoms with Crippen molar-refractivity contribution in [2.24, 2.45) is 18.7 Å². The summed E-state index contributed by atoms with van der Waals surface area (Å²) in [5.41, 5.74) is 7.63. The Morgan fingerprint density at radius 2 is 2.14 bits per heavy atom. The van der Waals surface area contributed by atoms with Crippen LogP contribution in [-0.4, -0.2) is 39.7 Å². The Morgan fingerprint density at radius 1 is 1.43 bits per heavy atom. The molecule has 21 heavy (non-hydrogen) atoms. The third-order valence-electron chi connectivity index (χ3n) is 4.64. The lowest BCUT2D eigenvalue weighted by Crippen LogP contribution is -2.49. The second-order valence-electron chi connectivity index (χ2n) is 6.37. The van der Waals surface area contributed by atoms with E-state index in [2.05, 4.69) is 12.0 Å². The molecule has 0 aromatic carbocycles. The molecule has 3 rings (SSSR count). The van der Waals surface area contributed by atoms with Crippen LogP contribution in [0.15, 0.2) is 6.07 Å². The topological polar surface area (TPSA) is 64.2 Å². The van der Waals surface area contributed by atoms with Gasteiger partial charge in [-0.15, -0.1) is 12.4 Å². The summed E-state index contributed by atoms with van der Waals surface area (Å²) < 4.78 is 1.87. The van der Waals surface area contributed by atoms with Crippen LogP contribution < -0.4 is 5.73 Å². The number of carbonyl (C=O) groups excluding carboxylic acids is 1. The summed E-state index contributed by atoms with van der Waals surface area (Å²) in [6, 6.07) is 2.14. The van der Waals surface area contributed by atoms with E-state index in [1.54, 1.807) is 0 Å². The predicted octanol–water partition coefficient (Wildman–Crippen LogP) is 1.92. The van der Waals surface area contributed by atoms with Gasteiger partial charge in [-0.3, -0.25) is 9.48 Å². The van der Waals surface area contributed by atoms with E-state index in [0.29, 0.717) is 24.1 Å². The normalized spacial score (nSPS) is 25.6. The van der Waals surface area contributed by atoms with Crippen LogP contribution in [0.1, 0.15) is 54.7 Å².